The highest BCUT2D eigenvalue weighted by atomic mass is 35.5. The van der Waals surface area contributed by atoms with Gasteiger partial charge in [-0.3, -0.25) is 9.52 Å². The number of anilines is 1. The number of hydrogen-bond donors (Lipinski definition) is 2. The van der Waals surface area contributed by atoms with Crippen LogP contribution in [0, 0.1) is 5.92 Å². The quantitative estimate of drug-likeness (QED) is 0.821. The summed E-state index contributed by atoms with van der Waals surface area (Å²) in [7, 11) is -3.74. The molecule has 2 aromatic rings. The Morgan fingerprint density at radius 3 is 2.38 bits per heavy atom. The van der Waals surface area contributed by atoms with Crippen LogP contribution >= 0.6 is 11.6 Å². The smallest absolute Gasteiger partial charge is 0.261 e. The fourth-order valence-electron chi connectivity index (χ4n) is 1.95. The lowest BCUT2D eigenvalue weighted by molar-refractivity contribution is 0.0949. The standard InChI is InChI=1S/C17H19ClN2O3S/c1-12(2)11-19-17(21)13-6-8-16(9-7-13)24(22,23)20-15-5-3-4-14(18)10-15/h3-10,12,20H,11H2,1-2H3,(H,19,21). The number of sulfonamides is 1. The molecule has 0 aliphatic carbocycles. The van der Waals surface area contributed by atoms with E-state index in [0.717, 1.165) is 0 Å². The first-order valence-corrected chi connectivity index (χ1v) is 9.31. The number of halogens is 1. The van der Waals surface area contributed by atoms with Crippen molar-refractivity contribution in [2.24, 2.45) is 5.92 Å². The van der Waals surface area contributed by atoms with Crippen LogP contribution in [0.3, 0.4) is 0 Å². The summed E-state index contributed by atoms with van der Waals surface area (Å²) >= 11 is 5.85. The molecular weight excluding hydrogens is 348 g/mol. The van der Waals surface area contributed by atoms with Crippen molar-refractivity contribution in [3.63, 3.8) is 0 Å². The lowest BCUT2D eigenvalue weighted by atomic mass is 10.2. The minimum absolute atomic E-state index is 0.0721. The fraction of sp³-hybridized carbons (Fsp3) is 0.235. The minimum atomic E-state index is -3.74. The second-order valence-corrected chi connectivity index (χ2v) is 7.86. The van der Waals surface area contributed by atoms with E-state index in [-0.39, 0.29) is 10.8 Å². The second kappa shape index (κ2) is 7.68. The van der Waals surface area contributed by atoms with Crippen molar-refractivity contribution in [3.05, 3.63) is 59.1 Å². The van der Waals surface area contributed by atoms with E-state index in [0.29, 0.717) is 28.7 Å². The van der Waals surface area contributed by atoms with Crippen molar-refractivity contribution in [1.29, 1.82) is 0 Å². The van der Waals surface area contributed by atoms with Crippen LogP contribution in [-0.4, -0.2) is 20.9 Å². The highest BCUT2D eigenvalue weighted by molar-refractivity contribution is 7.92. The van der Waals surface area contributed by atoms with E-state index in [1.54, 1.807) is 18.2 Å². The van der Waals surface area contributed by atoms with Crippen molar-refractivity contribution in [2.75, 3.05) is 11.3 Å². The average molecular weight is 367 g/mol. The fourth-order valence-corrected chi connectivity index (χ4v) is 3.19. The Balaban J connectivity index is 2.13. The van der Waals surface area contributed by atoms with Gasteiger partial charge >= 0.3 is 0 Å². The SMILES string of the molecule is CC(C)CNC(=O)c1ccc(S(=O)(=O)Nc2cccc(Cl)c2)cc1. The van der Waals surface area contributed by atoms with Crippen LogP contribution in [0.1, 0.15) is 24.2 Å². The van der Waals surface area contributed by atoms with Crippen LogP contribution < -0.4 is 10.0 Å². The number of nitrogens with one attached hydrogen (secondary N) is 2. The van der Waals surface area contributed by atoms with E-state index in [4.69, 9.17) is 11.6 Å². The molecule has 2 rings (SSSR count). The zero-order valence-corrected chi connectivity index (χ0v) is 15.0. The molecule has 7 heteroatoms. The molecule has 0 aliphatic heterocycles. The molecule has 0 fully saturated rings. The maximum atomic E-state index is 12.4. The van der Waals surface area contributed by atoms with Gasteiger partial charge in [0.1, 0.15) is 0 Å². The number of hydrogen-bond acceptors (Lipinski definition) is 3. The summed E-state index contributed by atoms with van der Waals surface area (Å²) in [6, 6.07) is 12.2. The van der Waals surface area contributed by atoms with E-state index < -0.39 is 10.0 Å². The third-order valence-corrected chi connectivity index (χ3v) is 4.81. The van der Waals surface area contributed by atoms with Gasteiger partial charge in [-0.2, -0.15) is 0 Å². The van der Waals surface area contributed by atoms with E-state index in [1.165, 1.54) is 30.3 Å². The summed E-state index contributed by atoms with van der Waals surface area (Å²) in [5, 5.41) is 3.22. The highest BCUT2D eigenvalue weighted by Crippen LogP contribution is 2.19. The van der Waals surface area contributed by atoms with Crippen LogP contribution in [-0.2, 0) is 10.0 Å². The van der Waals surface area contributed by atoms with Gasteiger partial charge in [0.2, 0.25) is 0 Å². The van der Waals surface area contributed by atoms with Crippen molar-refractivity contribution < 1.29 is 13.2 Å². The van der Waals surface area contributed by atoms with E-state index in [9.17, 15) is 13.2 Å². The molecule has 0 spiro atoms. The number of amides is 1. The zero-order chi connectivity index (χ0) is 17.7. The summed E-state index contributed by atoms with van der Waals surface area (Å²) in [4.78, 5) is 12.0. The normalized spacial score (nSPS) is 11.3. The van der Waals surface area contributed by atoms with Gasteiger partial charge in [-0.05, 0) is 48.4 Å². The molecule has 2 N–H and O–H groups in total. The van der Waals surface area contributed by atoms with Gasteiger partial charge in [0.25, 0.3) is 15.9 Å². The molecule has 0 radical (unpaired) electrons. The molecule has 24 heavy (non-hydrogen) atoms. The number of rotatable bonds is 6. The van der Waals surface area contributed by atoms with E-state index in [2.05, 4.69) is 10.0 Å². The van der Waals surface area contributed by atoms with Crippen LogP contribution in [0.5, 0.6) is 0 Å². The first kappa shape index (κ1) is 18.3. The summed E-state index contributed by atoms with van der Waals surface area (Å²) in [6.45, 7) is 4.56. The molecule has 128 valence electrons. The molecule has 0 saturated carbocycles. The Morgan fingerprint density at radius 2 is 1.79 bits per heavy atom. The minimum Gasteiger partial charge on any atom is -0.352 e. The first-order chi connectivity index (χ1) is 11.3. The summed E-state index contributed by atoms with van der Waals surface area (Å²) in [5.41, 5.74) is 0.790. The maximum absolute atomic E-state index is 12.4. The van der Waals surface area contributed by atoms with Gasteiger partial charge in [0.05, 0.1) is 10.6 Å². The maximum Gasteiger partial charge on any atom is 0.261 e. The van der Waals surface area contributed by atoms with Crippen molar-refractivity contribution in [2.45, 2.75) is 18.7 Å². The molecule has 5 nitrogen and oxygen atoms in total. The molecule has 0 aliphatic rings. The first-order valence-electron chi connectivity index (χ1n) is 7.44. The number of benzene rings is 2. The number of carbonyl (C=O) groups excluding carboxylic acids is 1. The molecule has 0 heterocycles. The van der Waals surface area contributed by atoms with Gasteiger partial charge in [0, 0.05) is 17.1 Å². The lowest BCUT2D eigenvalue weighted by Gasteiger charge is -2.10. The summed E-state index contributed by atoms with van der Waals surface area (Å²) in [5.74, 6) is 0.117. The van der Waals surface area contributed by atoms with Gasteiger partial charge in [-0.25, -0.2) is 8.42 Å². The molecule has 0 bridgehead atoms. The zero-order valence-electron chi connectivity index (χ0n) is 13.4. The van der Waals surface area contributed by atoms with Crippen LogP contribution in [0.25, 0.3) is 0 Å². The average Bonchev–Trinajstić information content (AvgIpc) is 2.52. The molecule has 0 unspecified atom stereocenters. The van der Waals surface area contributed by atoms with Crippen LogP contribution in [0.15, 0.2) is 53.4 Å². The molecular formula is C17H19ClN2O3S. The Morgan fingerprint density at radius 1 is 1.12 bits per heavy atom. The van der Waals surface area contributed by atoms with E-state index >= 15 is 0 Å². The summed E-state index contributed by atoms with van der Waals surface area (Å²) in [6.07, 6.45) is 0. The third-order valence-electron chi connectivity index (χ3n) is 3.17. The molecule has 0 aromatic heterocycles. The Hall–Kier alpha value is -2.05. The van der Waals surface area contributed by atoms with Crippen molar-refractivity contribution in [3.8, 4) is 0 Å². The Kier molecular flexibility index (Phi) is 5.85. The van der Waals surface area contributed by atoms with Crippen LogP contribution in [0.2, 0.25) is 5.02 Å². The van der Waals surface area contributed by atoms with Crippen molar-refractivity contribution >= 4 is 33.2 Å². The van der Waals surface area contributed by atoms with Gasteiger partial charge in [0.15, 0.2) is 0 Å². The van der Waals surface area contributed by atoms with Crippen molar-refractivity contribution in [1.82, 2.24) is 5.32 Å². The Labute approximate surface area is 147 Å². The second-order valence-electron chi connectivity index (χ2n) is 5.74. The lowest BCUT2D eigenvalue weighted by Crippen LogP contribution is -2.27. The van der Waals surface area contributed by atoms with Crippen LogP contribution in [0.4, 0.5) is 5.69 Å². The monoisotopic (exact) mass is 366 g/mol. The molecule has 1 amide bonds. The van der Waals surface area contributed by atoms with Gasteiger partial charge < -0.3 is 5.32 Å². The van der Waals surface area contributed by atoms with Gasteiger partial charge in [-0.1, -0.05) is 31.5 Å². The largest absolute Gasteiger partial charge is 0.352 e. The molecule has 0 saturated heterocycles. The number of carbonyl (C=O) groups is 1. The summed E-state index contributed by atoms with van der Waals surface area (Å²) < 4.78 is 27.2. The Bertz CT molecular complexity index is 818. The van der Waals surface area contributed by atoms with E-state index in [1.807, 2.05) is 13.8 Å². The third kappa shape index (κ3) is 4.97. The topological polar surface area (TPSA) is 75.3 Å². The predicted molar refractivity (Wildman–Crippen MR) is 95.9 cm³/mol. The molecule has 2 aromatic carbocycles. The highest BCUT2D eigenvalue weighted by Gasteiger charge is 2.15. The van der Waals surface area contributed by atoms with Gasteiger partial charge in [-0.15, -0.1) is 0 Å². The predicted octanol–water partition coefficient (Wildman–Crippen LogP) is 3.53. The molecule has 0 atom stereocenters.